The van der Waals surface area contributed by atoms with Gasteiger partial charge >= 0.3 is 0 Å². The van der Waals surface area contributed by atoms with Gasteiger partial charge in [-0.2, -0.15) is 5.10 Å². The lowest BCUT2D eigenvalue weighted by atomic mass is 10.1. The summed E-state index contributed by atoms with van der Waals surface area (Å²) in [5.74, 6) is 3.30. The minimum atomic E-state index is 0.501. The van der Waals surface area contributed by atoms with Crippen LogP contribution in [0.5, 0.6) is 0 Å². The van der Waals surface area contributed by atoms with Crippen molar-refractivity contribution in [2.45, 2.75) is 64.2 Å². The van der Waals surface area contributed by atoms with Crippen molar-refractivity contribution in [2.75, 3.05) is 0 Å². The molecule has 1 N–H and O–H groups in total. The van der Waals surface area contributed by atoms with Gasteiger partial charge in [0.15, 0.2) is 5.82 Å². The fourth-order valence-electron chi connectivity index (χ4n) is 2.45. The molecule has 0 saturated heterocycles. The van der Waals surface area contributed by atoms with E-state index in [9.17, 15) is 0 Å². The number of aromatic amines is 1. The van der Waals surface area contributed by atoms with E-state index in [1.165, 1.54) is 38.5 Å². The molecule has 1 fully saturated rings. The first-order chi connectivity index (χ1) is 7.31. The largest absolute Gasteiger partial charge is 0.263 e. The lowest BCUT2D eigenvalue weighted by Gasteiger charge is -2.04. The maximum absolute atomic E-state index is 4.64. The van der Waals surface area contributed by atoms with Crippen LogP contribution in [0.25, 0.3) is 0 Å². The number of rotatable bonds is 4. The van der Waals surface area contributed by atoms with Gasteiger partial charge < -0.3 is 0 Å². The van der Waals surface area contributed by atoms with E-state index in [-0.39, 0.29) is 0 Å². The molecule has 0 aliphatic heterocycles. The number of nitrogens with one attached hydrogen (secondary N) is 1. The van der Waals surface area contributed by atoms with Crippen molar-refractivity contribution < 1.29 is 0 Å². The predicted octanol–water partition coefficient (Wildman–Crippen LogP) is 3.37. The minimum absolute atomic E-state index is 0.501. The highest BCUT2D eigenvalue weighted by Gasteiger charge is 2.21. The molecule has 0 bridgehead atoms. The Bertz CT molecular complexity index is 300. The quantitative estimate of drug-likeness (QED) is 0.822. The summed E-state index contributed by atoms with van der Waals surface area (Å²) in [6.07, 6.45) is 7.67. The van der Waals surface area contributed by atoms with Gasteiger partial charge in [0.05, 0.1) is 0 Å². The van der Waals surface area contributed by atoms with E-state index in [4.69, 9.17) is 0 Å². The van der Waals surface area contributed by atoms with Crippen LogP contribution in [0.4, 0.5) is 0 Å². The van der Waals surface area contributed by atoms with Gasteiger partial charge in [0, 0.05) is 11.8 Å². The second kappa shape index (κ2) is 4.77. The van der Waals surface area contributed by atoms with Crippen molar-refractivity contribution in [3.05, 3.63) is 11.6 Å². The second-order valence-electron chi connectivity index (χ2n) is 4.75. The Kier molecular flexibility index (Phi) is 3.39. The molecule has 1 saturated carbocycles. The van der Waals surface area contributed by atoms with Crippen LogP contribution in [0.2, 0.25) is 0 Å². The predicted molar refractivity (Wildman–Crippen MR) is 60.9 cm³/mol. The van der Waals surface area contributed by atoms with E-state index in [1.807, 2.05) is 0 Å². The smallest absolute Gasteiger partial charge is 0.153 e. The van der Waals surface area contributed by atoms with Gasteiger partial charge in [-0.1, -0.05) is 33.1 Å². The first-order valence-electron chi connectivity index (χ1n) is 6.23. The monoisotopic (exact) mass is 207 g/mol. The second-order valence-corrected chi connectivity index (χ2v) is 4.75. The molecule has 3 heteroatoms. The highest BCUT2D eigenvalue weighted by atomic mass is 15.2. The summed E-state index contributed by atoms with van der Waals surface area (Å²) >= 11 is 0. The molecule has 1 atom stereocenters. The summed E-state index contributed by atoms with van der Waals surface area (Å²) in [5.41, 5.74) is 0. The highest BCUT2D eigenvalue weighted by molar-refractivity contribution is 5.02. The summed E-state index contributed by atoms with van der Waals surface area (Å²) in [5, 5.41) is 7.47. The molecule has 3 nitrogen and oxygen atoms in total. The number of hydrogen-bond acceptors (Lipinski definition) is 2. The topological polar surface area (TPSA) is 41.6 Å². The van der Waals surface area contributed by atoms with Gasteiger partial charge in [-0.15, -0.1) is 0 Å². The summed E-state index contributed by atoms with van der Waals surface area (Å²) in [4.78, 5) is 4.64. The van der Waals surface area contributed by atoms with Crippen LogP contribution in [0.1, 0.15) is 75.9 Å². The first-order valence-corrected chi connectivity index (χ1v) is 6.23. The van der Waals surface area contributed by atoms with Gasteiger partial charge in [0.1, 0.15) is 5.82 Å². The van der Waals surface area contributed by atoms with Gasteiger partial charge in [-0.3, -0.25) is 5.10 Å². The molecular formula is C12H21N3. The standard InChI is InChI=1S/C12H21N3/c1-3-6-9(2)11-13-12(15-14-11)10-7-4-5-8-10/h9-10H,3-8H2,1-2H3,(H,13,14,15). The third-order valence-electron chi connectivity index (χ3n) is 3.42. The molecule has 0 amide bonds. The SMILES string of the molecule is CCCC(C)c1n[nH]c(C2CCCC2)n1. The van der Waals surface area contributed by atoms with Crippen LogP contribution < -0.4 is 0 Å². The molecule has 1 aromatic rings. The van der Waals surface area contributed by atoms with Crippen LogP contribution in [0, 0.1) is 0 Å². The van der Waals surface area contributed by atoms with Crippen molar-refractivity contribution in [3.8, 4) is 0 Å². The zero-order valence-electron chi connectivity index (χ0n) is 9.79. The Balaban J connectivity index is 2.02. The van der Waals surface area contributed by atoms with Crippen molar-refractivity contribution in [1.82, 2.24) is 15.2 Å². The zero-order valence-corrected chi connectivity index (χ0v) is 9.79. The fraction of sp³-hybridized carbons (Fsp3) is 0.833. The van der Waals surface area contributed by atoms with Gasteiger partial charge in [-0.05, 0) is 19.3 Å². The highest BCUT2D eigenvalue weighted by Crippen LogP contribution is 2.32. The minimum Gasteiger partial charge on any atom is -0.263 e. The van der Waals surface area contributed by atoms with E-state index >= 15 is 0 Å². The Morgan fingerprint density at radius 3 is 2.80 bits per heavy atom. The Morgan fingerprint density at radius 1 is 1.40 bits per heavy atom. The van der Waals surface area contributed by atoms with E-state index in [0.29, 0.717) is 11.8 Å². The van der Waals surface area contributed by atoms with Crippen molar-refractivity contribution in [3.63, 3.8) is 0 Å². The Hall–Kier alpha value is -0.860. The lowest BCUT2D eigenvalue weighted by Crippen LogP contribution is -1.97. The van der Waals surface area contributed by atoms with Gasteiger partial charge in [0.25, 0.3) is 0 Å². The Labute approximate surface area is 91.7 Å². The maximum atomic E-state index is 4.64. The summed E-state index contributed by atoms with van der Waals surface area (Å²) < 4.78 is 0. The zero-order chi connectivity index (χ0) is 10.7. The average Bonchev–Trinajstić information content (AvgIpc) is 2.89. The number of H-pyrrole nitrogens is 1. The van der Waals surface area contributed by atoms with E-state index < -0.39 is 0 Å². The lowest BCUT2D eigenvalue weighted by molar-refractivity contribution is 0.626. The normalized spacial score (nSPS) is 19.6. The molecule has 0 spiro atoms. The van der Waals surface area contributed by atoms with Crippen molar-refractivity contribution in [2.24, 2.45) is 0 Å². The molecule has 1 aliphatic rings. The van der Waals surface area contributed by atoms with Gasteiger partial charge in [0.2, 0.25) is 0 Å². The summed E-state index contributed by atoms with van der Waals surface area (Å²) in [6, 6.07) is 0. The number of nitrogens with zero attached hydrogens (tertiary/aromatic N) is 2. The molecule has 1 aromatic heterocycles. The molecule has 2 rings (SSSR count). The molecule has 0 radical (unpaired) electrons. The summed E-state index contributed by atoms with van der Waals surface area (Å²) in [6.45, 7) is 4.42. The fourth-order valence-corrected chi connectivity index (χ4v) is 2.45. The number of hydrogen-bond donors (Lipinski definition) is 1. The van der Waals surface area contributed by atoms with Crippen molar-refractivity contribution >= 4 is 0 Å². The number of aromatic nitrogens is 3. The average molecular weight is 207 g/mol. The molecule has 0 aromatic carbocycles. The molecular weight excluding hydrogens is 186 g/mol. The van der Waals surface area contributed by atoms with Crippen LogP contribution >= 0.6 is 0 Å². The molecule has 1 aliphatic carbocycles. The van der Waals surface area contributed by atoms with E-state index in [1.54, 1.807) is 0 Å². The van der Waals surface area contributed by atoms with Crippen LogP contribution in [-0.4, -0.2) is 15.2 Å². The van der Waals surface area contributed by atoms with Crippen LogP contribution in [0.3, 0.4) is 0 Å². The first kappa shape index (κ1) is 10.7. The Morgan fingerprint density at radius 2 is 2.13 bits per heavy atom. The maximum Gasteiger partial charge on any atom is 0.153 e. The molecule has 84 valence electrons. The molecule has 1 heterocycles. The van der Waals surface area contributed by atoms with Crippen molar-refractivity contribution in [1.29, 1.82) is 0 Å². The van der Waals surface area contributed by atoms with Gasteiger partial charge in [-0.25, -0.2) is 4.98 Å². The molecule has 15 heavy (non-hydrogen) atoms. The third kappa shape index (κ3) is 2.39. The van der Waals surface area contributed by atoms with E-state index in [2.05, 4.69) is 29.0 Å². The summed E-state index contributed by atoms with van der Waals surface area (Å²) in [7, 11) is 0. The third-order valence-corrected chi connectivity index (χ3v) is 3.42. The molecule has 1 unspecified atom stereocenters. The van der Waals surface area contributed by atoms with Crippen LogP contribution in [-0.2, 0) is 0 Å². The van der Waals surface area contributed by atoms with Crippen LogP contribution in [0.15, 0.2) is 0 Å². The van der Waals surface area contributed by atoms with E-state index in [0.717, 1.165) is 11.6 Å².